The first-order valence-corrected chi connectivity index (χ1v) is 12.0. The van der Waals surface area contributed by atoms with Gasteiger partial charge in [-0.1, -0.05) is 103 Å². The van der Waals surface area contributed by atoms with Gasteiger partial charge in [-0.15, -0.1) is 0 Å². The van der Waals surface area contributed by atoms with E-state index in [9.17, 15) is 0 Å². The predicted octanol–water partition coefficient (Wildman–Crippen LogP) is 10.4. The first-order chi connectivity index (χ1) is 22.1. The van der Waals surface area contributed by atoms with Crippen molar-refractivity contribution in [1.82, 2.24) is 0 Å². The molecule has 0 atom stereocenters. The standard InChI is InChI=1S/C36H22O/c1-2-10-23(11-3-1)31-20-28(35-29-16-8-6-14-26(29)18-27-15-7-9-17-30(27)35)21-33-32-19-24-12-4-5-13-25(24)22-34(32)37-36(31)33/h1-22H/i6D,7D,8D,9D,14D,15D,16D,17D,18D. The SMILES string of the molecule is [2H]c1c([2H])c([2H])c2c(-c3cc(-c4ccccc4)c4oc5cc6ccccc6cc5c4c3)c3c([2H])c([2H])c([2H])c([2H])c3c([2H])c2c1[2H]. The van der Waals surface area contributed by atoms with Gasteiger partial charge in [-0.05, 0) is 79.3 Å². The number of furan rings is 1. The number of rotatable bonds is 2. The van der Waals surface area contributed by atoms with E-state index < -0.39 is 48.3 Å². The summed E-state index contributed by atoms with van der Waals surface area (Å²) in [5.74, 6) is 0. The minimum Gasteiger partial charge on any atom is -0.455 e. The van der Waals surface area contributed by atoms with Crippen molar-refractivity contribution in [3.63, 3.8) is 0 Å². The molecule has 1 heterocycles. The molecule has 0 amide bonds. The molecule has 0 radical (unpaired) electrons. The van der Waals surface area contributed by atoms with Gasteiger partial charge in [0.2, 0.25) is 0 Å². The number of hydrogen-bond acceptors (Lipinski definition) is 1. The van der Waals surface area contributed by atoms with Crippen molar-refractivity contribution < 1.29 is 16.8 Å². The van der Waals surface area contributed by atoms with Gasteiger partial charge < -0.3 is 4.42 Å². The summed E-state index contributed by atoms with van der Waals surface area (Å²) >= 11 is 0. The smallest absolute Gasteiger partial charge is 0.143 e. The molecule has 1 heteroatoms. The molecule has 8 rings (SSSR count). The van der Waals surface area contributed by atoms with E-state index in [1.165, 1.54) is 0 Å². The Hall–Kier alpha value is -4.88. The van der Waals surface area contributed by atoms with Crippen LogP contribution in [0.2, 0.25) is 0 Å². The third-order valence-corrected chi connectivity index (χ3v) is 6.94. The molecule has 1 aromatic heterocycles. The van der Waals surface area contributed by atoms with E-state index >= 15 is 0 Å². The van der Waals surface area contributed by atoms with Crippen LogP contribution in [0.15, 0.2) is 138 Å². The Bertz CT molecular complexity index is 2540. The molecule has 1 nitrogen and oxygen atoms in total. The lowest BCUT2D eigenvalue weighted by atomic mass is 9.89. The van der Waals surface area contributed by atoms with Gasteiger partial charge in [0.15, 0.2) is 0 Å². The summed E-state index contributed by atoms with van der Waals surface area (Å²) < 4.78 is 84.9. The summed E-state index contributed by atoms with van der Waals surface area (Å²) in [6.07, 6.45) is 0. The molecular weight excluding hydrogens is 448 g/mol. The molecule has 0 N–H and O–H groups in total. The van der Waals surface area contributed by atoms with Crippen LogP contribution in [0.1, 0.15) is 12.3 Å². The van der Waals surface area contributed by atoms with Crippen LogP contribution in [0.3, 0.4) is 0 Å². The zero-order valence-electron chi connectivity index (χ0n) is 28.4. The fraction of sp³-hybridized carbons (Fsp3) is 0. The molecule has 0 saturated carbocycles. The lowest BCUT2D eigenvalue weighted by molar-refractivity contribution is 0.670. The monoisotopic (exact) mass is 479 g/mol. The van der Waals surface area contributed by atoms with Crippen LogP contribution < -0.4 is 0 Å². The van der Waals surface area contributed by atoms with Crippen LogP contribution in [0.25, 0.3) is 76.5 Å². The van der Waals surface area contributed by atoms with Crippen molar-refractivity contribution in [2.75, 3.05) is 0 Å². The summed E-state index contributed by atoms with van der Waals surface area (Å²) in [5.41, 5.74) is 3.46. The molecule has 0 aliphatic rings. The highest BCUT2D eigenvalue weighted by Gasteiger charge is 2.18. The van der Waals surface area contributed by atoms with Crippen molar-refractivity contribution in [1.29, 1.82) is 0 Å². The maximum absolute atomic E-state index is 9.06. The number of benzene rings is 7. The lowest BCUT2D eigenvalue weighted by Crippen LogP contribution is -1.88. The van der Waals surface area contributed by atoms with Gasteiger partial charge >= 0.3 is 0 Å². The summed E-state index contributed by atoms with van der Waals surface area (Å²) in [6.45, 7) is 0. The zero-order chi connectivity index (χ0) is 32.2. The fourth-order valence-electron chi connectivity index (χ4n) is 5.27. The average Bonchev–Trinajstić information content (AvgIpc) is 3.43. The summed E-state index contributed by atoms with van der Waals surface area (Å²) in [5, 5.41) is 3.38. The normalized spacial score (nSPS) is 15.2. The van der Waals surface area contributed by atoms with E-state index in [0.717, 1.165) is 27.1 Å². The predicted molar refractivity (Wildman–Crippen MR) is 157 cm³/mol. The quantitative estimate of drug-likeness (QED) is 0.225. The van der Waals surface area contributed by atoms with Crippen molar-refractivity contribution in [3.05, 3.63) is 133 Å². The minimum atomic E-state index is -0.523. The Morgan fingerprint density at radius 3 is 1.89 bits per heavy atom. The van der Waals surface area contributed by atoms with Crippen LogP contribution in [0, 0.1) is 0 Å². The highest BCUT2D eigenvalue weighted by molar-refractivity contribution is 6.18. The van der Waals surface area contributed by atoms with E-state index in [1.807, 2.05) is 78.9 Å². The minimum absolute atomic E-state index is 0.0187. The van der Waals surface area contributed by atoms with Crippen LogP contribution in [-0.2, 0) is 0 Å². The highest BCUT2D eigenvalue weighted by Crippen LogP contribution is 2.43. The molecule has 172 valence electrons. The second-order valence-electron chi connectivity index (χ2n) is 9.06. The first-order valence-electron chi connectivity index (χ1n) is 16.5. The van der Waals surface area contributed by atoms with Crippen molar-refractivity contribution in [3.8, 4) is 22.3 Å². The number of hydrogen-bond donors (Lipinski definition) is 0. The molecule has 0 unspecified atom stereocenters. The van der Waals surface area contributed by atoms with Crippen molar-refractivity contribution >= 4 is 54.3 Å². The Morgan fingerprint density at radius 2 is 1.16 bits per heavy atom. The second kappa shape index (κ2) is 7.81. The summed E-state index contributed by atoms with van der Waals surface area (Å²) in [6, 6.07) is 21.1. The van der Waals surface area contributed by atoms with Gasteiger partial charge in [-0.2, -0.15) is 0 Å². The van der Waals surface area contributed by atoms with E-state index in [4.69, 9.17) is 16.8 Å². The molecule has 8 aromatic rings. The van der Waals surface area contributed by atoms with E-state index in [1.54, 1.807) is 0 Å². The maximum Gasteiger partial charge on any atom is 0.143 e. The van der Waals surface area contributed by atoms with Gasteiger partial charge in [-0.3, -0.25) is 0 Å². The van der Waals surface area contributed by atoms with Gasteiger partial charge in [0.25, 0.3) is 0 Å². The largest absolute Gasteiger partial charge is 0.455 e. The zero-order valence-corrected chi connectivity index (χ0v) is 19.4. The Labute approximate surface area is 226 Å². The van der Waals surface area contributed by atoms with E-state index in [2.05, 4.69) is 0 Å². The molecule has 0 fully saturated rings. The van der Waals surface area contributed by atoms with Crippen LogP contribution in [-0.4, -0.2) is 0 Å². The Morgan fingerprint density at radius 1 is 0.514 bits per heavy atom. The molecular formula is C36H22O. The van der Waals surface area contributed by atoms with E-state index in [-0.39, 0.29) is 33.2 Å². The summed E-state index contributed by atoms with van der Waals surface area (Å²) in [7, 11) is 0. The molecule has 37 heavy (non-hydrogen) atoms. The lowest BCUT2D eigenvalue weighted by Gasteiger charge is -2.14. The molecule has 0 bridgehead atoms. The van der Waals surface area contributed by atoms with E-state index in [0.29, 0.717) is 22.3 Å². The van der Waals surface area contributed by atoms with Crippen LogP contribution in [0.4, 0.5) is 0 Å². The number of fused-ring (bicyclic) bond motifs is 6. The van der Waals surface area contributed by atoms with Gasteiger partial charge in [0.05, 0.1) is 12.3 Å². The Kier molecular flexibility index (Phi) is 2.84. The fourth-order valence-corrected chi connectivity index (χ4v) is 5.27. The molecule has 0 spiro atoms. The molecule has 0 aliphatic carbocycles. The van der Waals surface area contributed by atoms with Gasteiger partial charge in [0.1, 0.15) is 11.2 Å². The van der Waals surface area contributed by atoms with Gasteiger partial charge in [-0.25, -0.2) is 0 Å². The van der Waals surface area contributed by atoms with Crippen LogP contribution >= 0.6 is 0 Å². The molecule has 0 aliphatic heterocycles. The highest BCUT2D eigenvalue weighted by atomic mass is 16.3. The van der Waals surface area contributed by atoms with Crippen LogP contribution in [0.5, 0.6) is 0 Å². The maximum atomic E-state index is 9.06. The van der Waals surface area contributed by atoms with Gasteiger partial charge in [0, 0.05) is 16.3 Å². The Balaban J connectivity index is 1.65. The average molecular weight is 480 g/mol. The summed E-state index contributed by atoms with van der Waals surface area (Å²) in [4.78, 5) is 0. The molecule has 0 saturated heterocycles. The van der Waals surface area contributed by atoms with Crippen molar-refractivity contribution in [2.45, 2.75) is 0 Å². The first kappa shape index (κ1) is 13.4. The third-order valence-electron chi connectivity index (χ3n) is 6.94. The third kappa shape index (κ3) is 3.11. The topological polar surface area (TPSA) is 13.1 Å². The molecule has 7 aromatic carbocycles. The van der Waals surface area contributed by atoms with Crippen molar-refractivity contribution in [2.24, 2.45) is 0 Å². The second-order valence-corrected chi connectivity index (χ2v) is 9.06.